The normalized spacial score (nSPS) is 11.8. The van der Waals surface area contributed by atoms with Crippen LogP contribution in [0.5, 0.6) is 0 Å². The van der Waals surface area contributed by atoms with Gasteiger partial charge in [-0.15, -0.1) is 0 Å². The highest BCUT2D eigenvalue weighted by Crippen LogP contribution is 2.40. The second kappa shape index (κ2) is 5.91. The number of halogens is 5. The van der Waals surface area contributed by atoms with Gasteiger partial charge in [0.1, 0.15) is 5.82 Å². The minimum absolute atomic E-state index is 0.309. The van der Waals surface area contributed by atoms with Crippen molar-refractivity contribution in [2.75, 3.05) is 5.33 Å². The molecule has 0 unspecified atom stereocenters. The van der Waals surface area contributed by atoms with Gasteiger partial charge in [-0.3, -0.25) is 0 Å². The van der Waals surface area contributed by atoms with Crippen LogP contribution >= 0.6 is 27.7 Å². The molecule has 0 heterocycles. The maximum atomic E-state index is 13.3. The van der Waals surface area contributed by atoms with Gasteiger partial charge in [0.2, 0.25) is 0 Å². The Morgan fingerprint density at radius 3 is 2.50 bits per heavy atom. The molecule has 0 atom stereocenters. The minimum Gasteiger partial charge on any atom is -0.206 e. The van der Waals surface area contributed by atoms with Crippen molar-refractivity contribution in [2.45, 2.75) is 23.2 Å². The molecule has 1 aromatic rings. The molecule has 1 aromatic carbocycles. The summed E-state index contributed by atoms with van der Waals surface area (Å²) in [5.74, 6) is -0.811. The molecule has 16 heavy (non-hydrogen) atoms. The van der Waals surface area contributed by atoms with E-state index in [1.807, 2.05) is 0 Å². The number of hydrogen-bond acceptors (Lipinski definition) is 1. The lowest BCUT2D eigenvalue weighted by molar-refractivity contribution is -0.0329. The zero-order chi connectivity index (χ0) is 12.2. The van der Waals surface area contributed by atoms with Crippen molar-refractivity contribution in [2.24, 2.45) is 0 Å². The molecule has 6 heteroatoms. The number of hydrogen-bond donors (Lipinski definition) is 0. The van der Waals surface area contributed by atoms with Crippen LogP contribution in [0.2, 0.25) is 0 Å². The van der Waals surface area contributed by atoms with Gasteiger partial charge in [0, 0.05) is 5.33 Å². The van der Waals surface area contributed by atoms with E-state index in [1.54, 1.807) is 0 Å². The van der Waals surface area contributed by atoms with Gasteiger partial charge in [0.15, 0.2) is 0 Å². The first-order valence-electron chi connectivity index (χ1n) is 4.53. The second-order valence-corrected chi connectivity index (χ2v) is 4.94. The zero-order valence-corrected chi connectivity index (χ0v) is 10.6. The van der Waals surface area contributed by atoms with Crippen LogP contribution in [-0.2, 0) is 6.42 Å². The Labute approximate surface area is 104 Å². The average Bonchev–Trinajstić information content (AvgIpc) is 2.17. The maximum Gasteiger partial charge on any atom is 0.446 e. The molecule has 0 N–H and O–H groups in total. The predicted molar refractivity (Wildman–Crippen MR) is 60.4 cm³/mol. The summed E-state index contributed by atoms with van der Waals surface area (Å²) in [4.78, 5) is -0.309. The molecule has 0 fully saturated rings. The average molecular weight is 317 g/mol. The molecule has 0 bridgehead atoms. The van der Waals surface area contributed by atoms with E-state index in [-0.39, 0.29) is 16.7 Å². The van der Waals surface area contributed by atoms with Gasteiger partial charge in [-0.2, -0.15) is 13.2 Å². The summed E-state index contributed by atoms with van der Waals surface area (Å²) in [6, 6.07) is 4.00. The Balaban J connectivity index is 2.94. The molecule has 0 aliphatic rings. The maximum absolute atomic E-state index is 13.3. The van der Waals surface area contributed by atoms with Crippen LogP contribution in [0.15, 0.2) is 23.1 Å². The monoisotopic (exact) mass is 316 g/mol. The number of alkyl halides is 4. The van der Waals surface area contributed by atoms with Gasteiger partial charge in [0.05, 0.1) is 4.90 Å². The fraction of sp³-hybridized carbons (Fsp3) is 0.400. The number of aryl methyl sites for hydroxylation is 1. The second-order valence-electron chi connectivity index (χ2n) is 3.07. The predicted octanol–water partition coefficient (Wildman–Crippen LogP) is 4.77. The molecule has 0 aromatic heterocycles. The van der Waals surface area contributed by atoms with Crippen LogP contribution < -0.4 is 0 Å². The summed E-state index contributed by atoms with van der Waals surface area (Å²) in [5, 5.41) is 0.680. The highest BCUT2D eigenvalue weighted by molar-refractivity contribution is 9.09. The van der Waals surface area contributed by atoms with Crippen LogP contribution in [0.3, 0.4) is 0 Å². The Bertz CT molecular complexity index is 351. The molecule has 0 radical (unpaired) electrons. The third kappa shape index (κ3) is 4.33. The molecule has 0 spiro atoms. The van der Waals surface area contributed by atoms with Gasteiger partial charge in [-0.1, -0.05) is 28.1 Å². The summed E-state index contributed by atoms with van der Waals surface area (Å²) in [7, 11) is 0. The molecule has 0 aliphatic carbocycles. The topological polar surface area (TPSA) is 0 Å². The summed E-state index contributed by atoms with van der Waals surface area (Å²) in [5.41, 5.74) is -4.05. The quantitative estimate of drug-likeness (QED) is 0.438. The molecule has 90 valence electrons. The van der Waals surface area contributed by atoms with E-state index in [4.69, 9.17) is 0 Å². The molecular weight excluding hydrogens is 308 g/mol. The molecule has 0 nitrogen and oxygen atoms in total. The molecule has 0 aliphatic heterocycles. The van der Waals surface area contributed by atoms with Gasteiger partial charge < -0.3 is 0 Å². The number of thioether (sulfide) groups is 1. The van der Waals surface area contributed by atoms with Crippen LogP contribution in [-0.4, -0.2) is 10.8 Å². The van der Waals surface area contributed by atoms with Crippen LogP contribution in [0.1, 0.15) is 12.0 Å². The standard InChI is InChI=1S/C10H9BrF4S/c11-6-2-4-7-3-1-5-8(12)9(7)16-10(13,14)15/h1,3,5H,2,4,6H2. The lowest BCUT2D eigenvalue weighted by atomic mass is 10.1. The molecule has 0 saturated heterocycles. The van der Waals surface area contributed by atoms with Crippen LogP contribution in [0.25, 0.3) is 0 Å². The first-order chi connectivity index (χ1) is 7.44. The number of benzene rings is 1. The van der Waals surface area contributed by atoms with Gasteiger partial charge in [-0.25, -0.2) is 4.39 Å². The van der Waals surface area contributed by atoms with Crippen molar-refractivity contribution in [3.63, 3.8) is 0 Å². The van der Waals surface area contributed by atoms with Gasteiger partial charge >= 0.3 is 5.51 Å². The van der Waals surface area contributed by atoms with Crippen molar-refractivity contribution in [1.82, 2.24) is 0 Å². The van der Waals surface area contributed by atoms with E-state index < -0.39 is 11.3 Å². The fourth-order valence-electron chi connectivity index (χ4n) is 1.24. The molecule has 0 amide bonds. The SMILES string of the molecule is Fc1cccc(CCCBr)c1SC(F)(F)F. The first-order valence-corrected chi connectivity index (χ1v) is 6.47. The van der Waals surface area contributed by atoms with Crippen molar-refractivity contribution in [1.29, 1.82) is 0 Å². The van der Waals surface area contributed by atoms with Gasteiger partial charge in [-0.05, 0) is 36.2 Å². The Kier molecular flexibility index (Phi) is 5.11. The van der Waals surface area contributed by atoms with E-state index in [1.165, 1.54) is 12.1 Å². The highest BCUT2D eigenvalue weighted by atomic mass is 79.9. The van der Waals surface area contributed by atoms with Gasteiger partial charge in [0.25, 0.3) is 0 Å². The van der Waals surface area contributed by atoms with Crippen molar-refractivity contribution in [3.8, 4) is 0 Å². The largest absolute Gasteiger partial charge is 0.446 e. The Morgan fingerprint density at radius 2 is 1.94 bits per heavy atom. The lowest BCUT2D eigenvalue weighted by Crippen LogP contribution is -2.03. The summed E-state index contributed by atoms with van der Waals surface area (Å²) >= 11 is 2.80. The summed E-state index contributed by atoms with van der Waals surface area (Å²) < 4.78 is 49.9. The lowest BCUT2D eigenvalue weighted by Gasteiger charge is -2.11. The molecule has 0 saturated carbocycles. The summed E-state index contributed by atoms with van der Waals surface area (Å²) in [6.07, 6.45) is 1.11. The fourth-order valence-corrected chi connectivity index (χ4v) is 2.22. The third-order valence-corrected chi connectivity index (χ3v) is 3.30. The Morgan fingerprint density at radius 1 is 1.25 bits per heavy atom. The molecular formula is C10H9BrF4S. The van der Waals surface area contributed by atoms with E-state index in [2.05, 4.69) is 15.9 Å². The van der Waals surface area contributed by atoms with E-state index in [0.717, 1.165) is 6.07 Å². The smallest absolute Gasteiger partial charge is 0.206 e. The zero-order valence-electron chi connectivity index (χ0n) is 8.15. The van der Waals surface area contributed by atoms with Crippen LogP contribution in [0, 0.1) is 5.82 Å². The minimum atomic E-state index is -4.45. The summed E-state index contributed by atoms with van der Waals surface area (Å²) in [6.45, 7) is 0. The Hall–Kier alpha value is -0.230. The first kappa shape index (κ1) is 13.8. The van der Waals surface area contributed by atoms with Crippen molar-refractivity contribution >= 4 is 27.7 Å². The van der Waals surface area contributed by atoms with Crippen molar-refractivity contribution in [3.05, 3.63) is 29.6 Å². The molecule has 1 rings (SSSR count). The van der Waals surface area contributed by atoms with E-state index >= 15 is 0 Å². The number of rotatable bonds is 4. The highest BCUT2D eigenvalue weighted by Gasteiger charge is 2.31. The van der Waals surface area contributed by atoms with Crippen molar-refractivity contribution < 1.29 is 17.6 Å². The van der Waals surface area contributed by atoms with Crippen LogP contribution in [0.4, 0.5) is 17.6 Å². The van der Waals surface area contributed by atoms with E-state index in [9.17, 15) is 17.6 Å². The third-order valence-electron chi connectivity index (χ3n) is 1.85. The van der Waals surface area contributed by atoms with E-state index in [0.29, 0.717) is 23.7 Å².